The van der Waals surface area contributed by atoms with Crippen LogP contribution in [-0.4, -0.2) is 15.4 Å². The van der Waals surface area contributed by atoms with Crippen LogP contribution in [0.5, 0.6) is 5.88 Å². The predicted octanol–water partition coefficient (Wildman–Crippen LogP) is 3.67. The summed E-state index contributed by atoms with van der Waals surface area (Å²) in [4.78, 5) is 0. The topological polar surface area (TPSA) is 35.0 Å². The minimum absolute atomic E-state index is 0.683. The number of rotatable bonds is 6. The van der Waals surface area contributed by atoms with E-state index >= 15 is 0 Å². The molecule has 0 atom stereocenters. The zero-order chi connectivity index (χ0) is 11.1. The SMILES string of the molecule is c1nsnc1OCCCCC1CCCCC1. The number of hydrogen-bond acceptors (Lipinski definition) is 4. The summed E-state index contributed by atoms with van der Waals surface area (Å²) in [6, 6.07) is 0. The van der Waals surface area contributed by atoms with Gasteiger partial charge in [0.05, 0.1) is 18.3 Å². The van der Waals surface area contributed by atoms with Gasteiger partial charge in [0, 0.05) is 0 Å². The highest BCUT2D eigenvalue weighted by atomic mass is 32.1. The zero-order valence-electron chi connectivity index (χ0n) is 9.73. The molecule has 1 heterocycles. The Morgan fingerprint density at radius 1 is 1.25 bits per heavy atom. The largest absolute Gasteiger partial charge is 0.476 e. The second kappa shape index (κ2) is 6.84. The maximum absolute atomic E-state index is 5.47. The molecule has 1 saturated carbocycles. The van der Waals surface area contributed by atoms with Crippen LogP contribution in [0.15, 0.2) is 6.20 Å². The Morgan fingerprint density at radius 3 is 2.88 bits per heavy atom. The Balaban J connectivity index is 1.48. The van der Waals surface area contributed by atoms with E-state index in [1.54, 1.807) is 6.20 Å². The molecule has 0 bridgehead atoms. The van der Waals surface area contributed by atoms with E-state index in [4.69, 9.17) is 4.74 Å². The standard InChI is InChI=1S/C12H20N2OS/c1-2-6-11(7-3-1)8-4-5-9-15-12-10-13-16-14-12/h10-11H,1-9H2. The van der Waals surface area contributed by atoms with Crippen LogP contribution >= 0.6 is 11.7 Å². The molecule has 0 unspecified atom stereocenters. The maximum atomic E-state index is 5.47. The Bertz CT molecular complexity index is 271. The normalized spacial score (nSPS) is 17.5. The van der Waals surface area contributed by atoms with E-state index in [0.29, 0.717) is 5.88 Å². The first-order valence-electron chi connectivity index (χ1n) is 6.35. The van der Waals surface area contributed by atoms with Gasteiger partial charge in [-0.05, 0) is 18.8 Å². The van der Waals surface area contributed by atoms with E-state index in [2.05, 4.69) is 8.75 Å². The van der Waals surface area contributed by atoms with Crippen LogP contribution in [0.4, 0.5) is 0 Å². The molecule has 0 aliphatic heterocycles. The molecule has 1 aliphatic carbocycles. The van der Waals surface area contributed by atoms with Gasteiger partial charge >= 0.3 is 0 Å². The second-order valence-corrected chi connectivity index (χ2v) is 5.15. The van der Waals surface area contributed by atoms with Crippen LogP contribution < -0.4 is 4.74 Å². The highest BCUT2D eigenvalue weighted by Crippen LogP contribution is 2.27. The molecule has 0 aromatic carbocycles. The van der Waals surface area contributed by atoms with Crippen LogP contribution in [0.25, 0.3) is 0 Å². The molecular weight excluding hydrogens is 220 g/mol. The Hall–Kier alpha value is -0.640. The number of aromatic nitrogens is 2. The van der Waals surface area contributed by atoms with Gasteiger partial charge in [0.2, 0.25) is 5.88 Å². The fourth-order valence-electron chi connectivity index (χ4n) is 2.41. The number of ether oxygens (including phenoxy) is 1. The number of unbranched alkanes of at least 4 members (excludes halogenated alkanes) is 1. The van der Waals surface area contributed by atoms with Crippen molar-refractivity contribution in [1.82, 2.24) is 8.75 Å². The van der Waals surface area contributed by atoms with Gasteiger partial charge in [-0.25, -0.2) is 0 Å². The lowest BCUT2D eigenvalue weighted by molar-refractivity contribution is 0.278. The zero-order valence-corrected chi connectivity index (χ0v) is 10.5. The summed E-state index contributed by atoms with van der Waals surface area (Å²) in [5.41, 5.74) is 0. The van der Waals surface area contributed by atoms with Crippen LogP contribution in [0, 0.1) is 5.92 Å². The summed E-state index contributed by atoms with van der Waals surface area (Å²) in [5.74, 6) is 1.68. The van der Waals surface area contributed by atoms with Crippen molar-refractivity contribution in [2.45, 2.75) is 51.4 Å². The van der Waals surface area contributed by atoms with Gasteiger partial charge in [0.1, 0.15) is 6.20 Å². The van der Waals surface area contributed by atoms with Crippen molar-refractivity contribution in [3.63, 3.8) is 0 Å². The minimum Gasteiger partial charge on any atom is -0.476 e. The van der Waals surface area contributed by atoms with Crippen molar-refractivity contribution in [2.75, 3.05) is 6.61 Å². The Morgan fingerprint density at radius 2 is 2.12 bits per heavy atom. The maximum Gasteiger partial charge on any atom is 0.245 e. The molecule has 1 aliphatic rings. The van der Waals surface area contributed by atoms with E-state index in [-0.39, 0.29) is 0 Å². The van der Waals surface area contributed by atoms with E-state index < -0.39 is 0 Å². The lowest BCUT2D eigenvalue weighted by Crippen LogP contribution is -2.06. The predicted molar refractivity (Wildman–Crippen MR) is 65.8 cm³/mol. The highest BCUT2D eigenvalue weighted by Gasteiger charge is 2.12. The van der Waals surface area contributed by atoms with E-state index in [1.807, 2.05) is 0 Å². The van der Waals surface area contributed by atoms with Crippen LogP contribution in [-0.2, 0) is 0 Å². The second-order valence-electron chi connectivity index (χ2n) is 4.59. The quantitative estimate of drug-likeness (QED) is 0.712. The van der Waals surface area contributed by atoms with Crippen LogP contribution in [0.1, 0.15) is 51.4 Å². The molecule has 0 amide bonds. The number of hydrogen-bond donors (Lipinski definition) is 0. The Labute approximate surface area is 102 Å². The summed E-state index contributed by atoms with van der Waals surface area (Å²) >= 11 is 1.20. The molecule has 2 rings (SSSR count). The first-order chi connectivity index (χ1) is 7.95. The van der Waals surface area contributed by atoms with Crippen molar-refractivity contribution in [1.29, 1.82) is 0 Å². The smallest absolute Gasteiger partial charge is 0.245 e. The fourth-order valence-corrected chi connectivity index (χ4v) is 2.77. The third-order valence-corrected chi connectivity index (χ3v) is 3.78. The molecular formula is C12H20N2OS. The molecule has 4 heteroatoms. The molecule has 16 heavy (non-hydrogen) atoms. The Kier molecular flexibility index (Phi) is 5.06. The summed E-state index contributed by atoms with van der Waals surface area (Å²) in [6.45, 7) is 0.790. The van der Waals surface area contributed by atoms with Gasteiger partial charge in [-0.2, -0.15) is 4.37 Å². The summed E-state index contributed by atoms with van der Waals surface area (Å²) in [5, 5.41) is 0. The van der Waals surface area contributed by atoms with Crippen molar-refractivity contribution >= 4 is 11.7 Å². The lowest BCUT2D eigenvalue weighted by Gasteiger charge is -2.21. The third kappa shape index (κ3) is 4.08. The van der Waals surface area contributed by atoms with Gasteiger partial charge in [-0.3, -0.25) is 0 Å². The van der Waals surface area contributed by atoms with Gasteiger partial charge in [-0.15, -0.1) is 4.37 Å². The number of nitrogens with zero attached hydrogens (tertiary/aromatic N) is 2. The van der Waals surface area contributed by atoms with Gasteiger partial charge in [0.15, 0.2) is 0 Å². The first-order valence-corrected chi connectivity index (χ1v) is 7.08. The van der Waals surface area contributed by atoms with Crippen molar-refractivity contribution in [3.05, 3.63) is 6.20 Å². The fraction of sp³-hybridized carbons (Fsp3) is 0.833. The molecule has 1 aromatic heterocycles. The van der Waals surface area contributed by atoms with Gasteiger partial charge < -0.3 is 4.74 Å². The molecule has 0 radical (unpaired) electrons. The highest BCUT2D eigenvalue weighted by molar-refractivity contribution is 6.99. The molecule has 0 N–H and O–H groups in total. The monoisotopic (exact) mass is 240 g/mol. The van der Waals surface area contributed by atoms with E-state index in [1.165, 1.54) is 56.7 Å². The lowest BCUT2D eigenvalue weighted by atomic mass is 9.86. The van der Waals surface area contributed by atoms with Gasteiger partial charge in [-0.1, -0.05) is 38.5 Å². The van der Waals surface area contributed by atoms with Gasteiger partial charge in [0.25, 0.3) is 0 Å². The summed E-state index contributed by atoms with van der Waals surface area (Å²) in [7, 11) is 0. The van der Waals surface area contributed by atoms with E-state index in [0.717, 1.165) is 18.9 Å². The molecule has 90 valence electrons. The van der Waals surface area contributed by atoms with Crippen LogP contribution in [0.2, 0.25) is 0 Å². The van der Waals surface area contributed by atoms with Crippen molar-refractivity contribution < 1.29 is 4.74 Å². The first kappa shape index (κ1) is 11.8. The molecule has 1 fully saturated rings. The summed E-state index contributed by atoms with van der Waals surface area (Å²) in [6.07, 6.45) is 12.8. The molecule has 3 nitrogen and oxygen atoms in total. The molecule has 0 saturated heterocycles. The average Bonchev–Trinajstić information content (AvgIpc) is 2.83. The van der Waals surface area contributed by atoms with Crippen LogP contribution in [0.3, 0.4) is 0 Å². The molecule has 1 aromatic rings. The van der Waals surface area contributed by atoms with E-state index in [9.17, 15) is 0 Å². The van der Waals surface area contributed by atoms with Crippen molar-refractivity contribution in [3.8, 4) is 5.88 Å². The average molecular weight is 240 g/mol. The third-order valence-electron chi connectivity index (χ3n) is 3.32. The van der Waals surface area contributed by atoms with Crippen molar-refractivity contribution in [2.24, 2.45) is 5.92 Å². The summed E-state index contributed by atoms with van der Waals surface area (Å²) < 4.78 is 13.4. The minimum atomic E-state index is 0.683. The molecule has 0 spiro atoms.